The number of nitrogens with zero attached hydrogens (tertiary/aromatic N) is 5. The quantitative estimate of drug-likeness (QED) is 0.332. The molecule has 2 N–H and O–H groups in total. The van der Waals surface area contributed by atoms with Gasteiger partial charge in [0.25, 0.3) is 11.8 Å². The summed E-state index contributed by atoms with van der Waals surface area (Å²) in [6, 6.07) is 9.62. The van der Waals surface area contributed by atoms with Gasteiger partial charge in [-0.15, -0.1) is 0 Å². The lowest BCUT2D eigenvalue weighted by Gasteiger charge is -2.21. The summed E-state index contributed by atoms with van der Waals surface area (Å²) in [5.41, 5.74) is 3.62. The number of carbonyl (C=O) groups is 3. The number of hydrazine groups is 1. The number of hydrogen-bond donors (Lipinski definition) is 2. The number of benzene rings is 1. The van der Waals surface area contributed by atoms with Gasteiger partial charge in [-0.3, -0.25) is 19.4 Å². The second-order valence-corrected chi connectivity index (χ2v) is 8.35. The minimum atomic E-state index is -0.600. The minimum Gasteiger partial charge on any atom is -0.468 e. The van der Waals surface area contributed by atoms with Crippen molar-refractivity contribution in [3.05, 3.63) is 68.5 Å². The van der Waals surface area contributed by atoms with E-state index in [1.54, 1.807) is 19.1 Å². The SMILES string of the molecule is COC(=O)CNN(C)C(=O)c1cc(C#N)cc(C)c1NC(=O)c1cc(Br)nn1-c1ncccc1Cl. The monoisotopic (exact) mass is 559 g/mol. The van der Waals surface area contributed by atoms with Crippen molar-refractivity contribution in [1.29, 1.82) is 5.26 Å². The number of rotatable bonds is 7. The van der Waals surface area contributed by atoms with Crippen LogP contribution in [0.5, 0.6) is 0 Å². The van der Waals surface area contributed by atoms with E-state index in [2.05, 4.69) is 41.5 Å². The molecule has 0 spiro atoms. The Balaban J connectivity index is 1.99. The van der Waals surface area contributed by atoms with E-state index < -0.39 is 17.8 Å². The molecule has 2 aromatic heterocycles. The molecule has 0 fully saturated rings. The largest absolute Gasteiger partial charge is 0.468 e. The van der Waals surface area contributed by atoms with Gasteiger partial charge in [0, 0.05) is 19.3 Å². The summed E-state index contributed by atoms with van der Waals surface area (Å²) in [6.45, 7) is 1.40. The summed E-state index contributed by atoms with van der Waals surface area (Å²) < 4.78 is 6.19. The van der Waals surface area contributed by atoms with Crippen LogP contribution < -0.4 is 10.7 Å². The van der Waals surface area contributed by atoms with Crippen LogP contribution >= 0.6 is 27.5 Å². The first-order valence-corrected chi connectivity index (χ1v) is 11.1. The molecule has 0 aliphatic rings. The molecule has 0 atom stereocenters. The summed E-state index contributed by atoms with van der Waals surface area (Å²) in [5, 5.41) is 17.7. The second-order valence-electron chi connectivity index (χ2n) is 7.13. The summed E-state index contributed by atoms with van der Waals surface area (Å²) >= 11 is 9.49. The normalized spacial score (nSPS) is 10.4. The molecule has 2 heterocycles. The van der Waals surface area contributed by atoms with E-state index in [1.807, 2.05) is 6.07 Å². The van der Waals surface area contributed by atoms with Crippen molar-refractivity contribution in [2.75, 3.05) is 26.0 Å². The number of halogens is 2. The Morgan fingerprint density at radius 2 is 2.06 bits per heavy atom. The first kappa shape index (κ1) is 25.8. The topological polar surface area (TPSA) is 142 Å². The van der Waals surface area contributed by atoms with Gasteiger partial charge in [0.2, 0.25) is 0 Å². The van der Waals surface area contributed by atoms with E-state index in [1.165, 1.54) is 43.2 Å². The molecule has 0 radical (unpaired) electrons. The molecule has 0 bridgehead atoms. The van der Waals surface area contributed by atoms with Gasteiger partial charge in [-0.2, -0.15) is 10.4 Å². The van der Waals surface area contributed by atoms with Gasteiger partial charge in [0.1, 0.15) is 16.8 Å². The first-order chi connectivity index (χ1) is 16.7. The average Bonchev–Trinajstić information content (AvgIpc) is 3.24. The zero-order valence-corrected chi connectivity index (χ0v) is 21.1. The zero-order chi connectivity index (χ0) is 25.7. The number of aryl methyl sites for hydroxylation is 1. The third-order valence-electron chi connectivity index (χ3n) is 4.78. The predicted molar refractivity (Wildman–Crippen MR) is 130 cm³/mol. The molecule has 0 unspecified atom stereocenters. The summed E-state index contributed by atoms with van der Waals surface area (Å²) in [6.07, 6.45) is 1.51. The highest BCUT2D eigenvalue weighted by molar-refractivity contribution is 9.10. The van der Waals surface area contributed by atoms with Crippen LogP contribution in [0.4, 0.5) is 5.69 Å². The zero-order valence-electron chi connectivity index (χ0n) is 18.8. The van der Waals surface area contributed by atoms with Gasteiger partial charge >= 0.3 is 5.97 Å². The van der Waals surface area contributed by atoms with Crippen molar-refractivity contribution < 1.29 is 19.1 Å². The number of methoxy groups -OCH3 is 1. The average molecular weight is 561 g/mol. The summed E-state index contributed by atoms with van der Waals surface area (Å²) in [7, 11) is 2.63. The fraction of sp³-hybridized carbons (Fsp3) is 0.182. The Hall–Kier alpha value is -3.79. The van der Waals surface area contributed by atoms with Crippen molar-refractivity contribution in [1.82, 2.24) is 25.2 Å². The maximum atomic E-state index is 13.3. The van der Waals surface area contributed by atoms with Crippen molar-refractivity contribution in [3.8, 4) is 11.9 Å². The van der Waals surface area contributed by atoms with E-state index in [-0.39, 0.29) is 39.9 Å². The fourth-order valence-corrected chi connectivity index (χ4v) is 3.66. The fourth-order valence-electron chi connectivity index (χ4n) is 3.08. The van der Waals surface area contributed by atoms with E-state index in [4.69, 9.17) is 11.6 Å². The molecule has 35 heavy (non-hydrogen) atoms. The number of esters is 1. The first-order valence-electron chi connectivity index (χ1n) is 9.97. The Bertz CT molecular complexity index is 1350. The van der Waals surface area contributed by atoms with Crippen LogP contribution in [0.25, 0.3) is 5.82 Å². The molecule has 0 saturated heterocycles. The lowest BCUT2D eigenvalue weighted by Crippen LogP contribution is -2.42. The maximum Gasteiger partial charge on any atom is 0.321 e. The summed E-state index contributed by atoms with van der Waals surface area (Å²) in [4.78, 5) is 42.1. The smallest absolute Gasteiger partial charge is 0.321 e. The van der Waals surface area contributed by atoms with E-state index in [0.717, 1.165) is 5.01 Å². The number of nitriles is 1. The highest BCUT2D eigenvalue weighted by atomic mass is 79.9. The van der Waals surface area contributed by atoms with Gasteiger partial charge in [-0.1, -0.05) is 11.6 Å². The molecule has 0 saturated carbocycles. The lowest BCUT2D eigenvalue weighted by atomic mass is 10.0. The van der Waals surface area contributed by atoms with Gasteiger partial charge < -0.3 is 10.1 Å². The van der Waals surface area contributed by atoms with Crippen molar-refractivity contribution in [2.24, 2.45) is 0 Å². The molecule has 11 nitrogen and oxygen atoms in total. The number of amides is 2. The van der Waals surface area contributed by atoms with E-state index in [0.29, 0.717) is 10.2 Å². The van der Waals surface area contributed by atoms with Crippen molar-refractivity contribution in [2.45, 2.75) is 6.92 Å². The van der Waals surface area contributed by atoms with Gasteiger partial charge in [-0.05, 0) is 52.7 Å². The second kappa shape index (κ2) is 11.1. The van der Waals surface area contributed by atoms with Crippen LogP contribution in [0.2, 0.25) is 5.02 Å². The highest BCUT2D eigenvalue weighted by Crippen LogP contribution is 2.26. The summed E-state index contributed by atoms with van der Waals surface area (Å²) in [5.74, 6) is -1.53. The Labute approximate surface area is 213 Å². The number of nitrogens with one attached hydrogen (secondary N) is 2. The third kappa shape index (κ3) is 5.83. The lowest BCUT2D eigenvalue weighted by molar-refractivity contribution is -0.140. The molecule has 3 rings (SSSR count). The van der Waals surface area contributed by atoms with Gasteiger partial charge in [0.15, 0.2) is 5.82 Å². The number of anilines is 1. The van der Waals surface area contributed by atoms with Crippen LogP contribution in [0, 0.1) is 18.3 Å². The molecule has 3 aromatic rings. The van der Waals surface area contributed by atoms with Crippen molar-refractivity contribution >= 4 is 51.0 Å². The van der Waals surface area contributed by atoms with Crippen LogP contribution in [0.1, 0.15) is 32.0 Å². The predicted octanol–water partition coefficient (Wildman–Crippen LogP) is 2.87. The van der Waals surface area contributed by atoms with Crippen LogP contribution in [-0.4, -0.2) is 58.3 Å². The Kier molecular flexibility index (Phi) is 8.18. The highest BCUT2D eigenvalue weighted by Gasteiger charge is 2.24. The van der Waals surface area contributed by atoms with Crippen molar-refractivity contribution in [3.63, 3.8) is 0 Å². The minimum absolute atomic E-state index is 0.0377. The molecule has 0 aliphatic carbocycles. The number of carbonyl (C=O) groups excluding carboxylic acids is 3. The molecule has 2 amide bonds. The Morgan fingerprint density at radius 1 is 1.31 bits per heavy atom. The number of hydrogen-bond acceptors (Lipinski definition) is 8. The van der Waals surface area contributed by atoms with Gasteiger partial charge in [0.05, 0.1) is 35.0 Å². The van der Waals surface area contributed by atoms with Gasteiger partial charge in [-0.25, -0.2) is 15.1 Å². The van der Waals surface area contributed by atoms with Crippen LogP contribution in [-0.2, 0) is 9.53 Å². The molecule has 0 aliphatic heterocycles. The molecular formula is C22H19BrClN7O4. The van der Waals surface area contributed by atoms with E-state index >= 15 is 0 Å². The number of pyridine rings is 1. The third-order valence-corrected chi connectivity index (χ3v) is 5.46. The maximum absolute atomic E-state index is 13.3. The number of aromatic nitrogens is 3. The molecule has 13 heteroatoms. The van der Waals surface area contributed by atoms with Crippen LogP contribution in [0.15, 0.2) is 41.1 Å². The van der Waals surface area contributed by atoms with Crippen LogP contribution in [0.3, 0.4) is 0 Å². The molecule has 180 valence electrons. The molecular weight excluding hydrogens is 542 g/mol. The Morgan fingerprint density at radius 3 is 2.71 bits per heavy atom. The van der Waals surface area contributed by atoms with E-state index in [9.17, 15) is 19.6 Å². The number of ether oxygens (including phenoxy) is 1. The molecule has 1 aromatic carbocycles. The standard InChI is InChI=1S/C22H19BrClN7O4/c1-12-7-13(10-25)8-14(22(34)30(2)27-11-18(32)35-3)19(12)28-21(33)16-9-17(23)29-31(16)20-15(24)5-4-6-26-20/h4-9,27H,11H2,1-3H3,(H,28,33).